The average molecular weight is 223 g/mol. The van der Waals surface area contributed by atoms with Gasteiger partial charge in [0.15, 0.2) is 0 Å². The zero-order valence-electron chi connectivity index (χ0n) is 9.19. The molecule has 0 aromatic carbocycles. The number of carbonyl (C=O) groups is 1. The first kappa shape index (κ1) is 11.2. The van der Waals surface area contributed by atoms with Gasteiger partial charge in [-0.2, -0.15) is 0 Å². The van der Waals surface area contributed by atoms with Crippen molar-refractivity contribution in [3.63, 3.8) is 0 Å². The van der Waals surface area contributed by atoms with Crippen LogP contribution in [0.5, 0.6) is 0 Å². The van der Waals surface area contributed by atoms with Gasteiger partial charge in [-0.25, -0.2) is 0 Å². The van der Waals surface area contributed by atoms with Crippen LogP contribution < -0.4 is 5.32 Å². The Bertz CT molecular complexity index is 330. The maximum atomic E-state index is 11.5. The van der Waals surface area contributed by atoms with E-state index < -0.39 is 6.10 Å². The highest BCUT2D eigenvalue weighted by atomic mass is 16.3. The van der Waals surface area contributed by atoms with Gasteiger partial charge in [-0.1, -0.05) is 6.42 Å². The standard InChI is InChI=1S/C12H17NO3/c14-11(10-5-7-16-8-10)4-6-13-12(15)9-2-1-3-9/h5,7-9,11,14H,1-4,6H2,(H,13,15)/t11-/m0/s1. The first-order valence-corrected chi connectivity index (χ1v) is 5.75. The maximum Gasteiger partial charge on any atom is 0.223 e. The third-order valence-corrected chi connectivity index (χ3v) is 3.12. The summed E-state index contributed by atoms with van der Waals surface area (Å²) < 4.78 is 4.88. The Morgan fingerprint density at radius 3 is 3.00 bits per heavy atom. The number of hydrogen-bond donors (Lipinski definition) is 2. The molecule has 0 bridgehead atoms. The van der Waals surface area contributed by atoms with Gasteiger partial charge >= 0.3 is 0 Å². The molecule has 0 aliphatic heterocycles. The van der Waals surface area contributed by atoms with Gasteiger partial charge in [0, 0.05) is 18.0 Å². The molecule has 88 valence electrons. The van der Waals surface area contributed by atoms with Gasteiger partial charge in [0.2, 0.25) is 5.91 Å². The Balaban J connectivity index is 1.65. The third-order valence-electron chi connectivity index (χ3n) is 3.12. The van der Waals surface area contributed by atoms with Gasteiger partial charge in [-0.3, -0.25) is 4.79 Å². The van der Waals surface area contributed by atoms with Gasteiger partial charge in [0.1, 0.15) is 0 Å². The van der Waals surface area contributed by atoms with Crippen molar-refractivity contribution < 1.29 is 14.3 Å². The lowest BCUT2D eigenvalue weighted by Crippen LogP contribution is -2.35. The van der Waals surface area contributed by atoms with E-state index in [0.717, 1.165) is 24.8 Å². The van der Waals surface area contributed by atoms with Crippen LogP contribution in [-0.2, 0) is 4.79 Å². The maximum absolute atomic E-state index is 11.5. The van der Waals surface area contributed by atoms with E-state index in [1.54, 1.807) is 6.07 Å². The van der Waals surface area contributed by atoms with Crippen LogP contribution in [0.15, 0.2) is 23.0 Å². The van der Waals surface area contributed by atoms with Crippen LogP contribution in [0.25, 0.3) is 0 Å². The number of aliphatic hydroxyl groups excluding tert-OH is 1. The Kier molecular flexibility index (Phi) is 3.62. The molecule has 0 saturated heterocycles. The fourth-order valence-corrected chi connectivity index (χ4v) is 1.78. The van der Waals surface area contributed by atoms with Gasteiger partial charge in [0.05, 0.1) is 18.6 Å². The molecule has 1 aliphatic carbocycles. The molecule has 1 aromatic heterocycles. The normalized spacial score (nSPS) is 17.8. The quantitative estimate of drug-likeness (QED) is 0.797. The number of rotatable bonds is 5. The smallest absolute Gasteiger partial charge is 0.223 e. The number of aliphatic hydroxyl groups is 1. The van der Waals surface area contributed by atoms with Crippen LogP contribution in [0.2, 0.25) is 0 Å². The first-order chi connectivity index (χ1) is 7.77. The van der Waals surface area contributed by atoms with E-state index in [-0.39, 0.29) is 11.8 Å². The first-order valence-electron chi connectivity index (χ1n) is 5.75. The van der Waals surface area contributed by atoms with Gasteiger partial charge in [-0.05, 0) is 25.3 Å². The second-order valence-corrected chi connectivity index (χ2v) is 4.28. The molecule has 0 spiro atoms. The molecule has 1 amide bonds. The van der Waals surface area contributed by atoms with Crippen molar-refractivity contribution in [3.8, 4) is 0 Å². The Labute approximate surface area is 94.6 Å². The zero-order valence-corrected chi connectivity index (χ0v) is 9.19. The highest BCUT2D eigenvalue weighted by molar-refractivity contribution is 5.79. The highest BCUT2D eigenvalue weighted by Gasteiger charge is 2.24. The largest absolute Gasteiger partial charge is 0.472 e. The van der Waals surface area contributed by atoms with Gasteiger partial charge < -0.3 is 14.8 Å². The number of furan rings is 1. The highest BCUT2D eigenvalue weighted by Crippen LogP contribution is 2.26. The molecule has 4 nitrogen and oxygen atoms in total. The zero-order chi connectivity index (χ0) is 11.4. The Morgan fingerprint density at radius 2 is 2.44 bits per heavy atom. The van der Waals surface area contributed by atoms with Crippen molar-refractivity contribution in [1.82, 2.24) is 5.32 Å². The summed E-state index contributed by atoms with van der Waals surface area (Å²) in [6.07, 6.45) is 6.21. The minimum atomic E-state index is -0.555. The fourth-order valence-electron chi connectivity index (χ4n) is 1.78. The monoisotopic (exact) mass is 223 g/mol. The lowest BCUT2D eigenvalue weighted by molar-refractivity contribution is -0.127. The van der Waals surface area contributed by atoms with E-state index in [9.17, 15) is 9.90 Å². The molecule has 1 atom stereocenters. The summed E-state index contributed by atoms with van der Waals surface area (Å²) in [5.41, 5.74) is 0.762. The van der Waals surface area contributed by atoms with Crippen LogP contribution in [0.4, 0.5) is 0 Å². The fraction of sp³-hybridized carbons (Fsp3) is 0.583. The topological polar surface area (TPSA) is 62.5 Å². The molecular formula is C12H17NO3. The molecule has 0 radical (unpaired) electrons. The SMILES string of the molecule is O=C(NCC[C@H](O)c1ccoc1)C1CCC1. The number of amides is 1. The Hall–Kier alpha value is -1.29. The van der Waals surface area contributed by atoms with E-state index >= 15 is 0 Å². The van der Waals surface area contributed by atoms with E-state index in [1.165, 1.54) is 12.5 Å². The van der Waals surface area contributed by atoms with Gasteiger partial charge in [-0.15, -0.1) is 0 Å². The second kappa shape index (κ2) is 5.16. The molecule has 1 fully saturated rings. The van der Waals surface area contributed by atoms with Crippen molar-refractivity contribution in [3.05, 3.63) is 24.2 Å². The molecule has 2 N–H and O–H groups in total. The predicted octanol–water partition coefficient (Wildman–Crippen LogP) is 1.62. The summed E-state index contributed by atoms with van der Waals surface area (Å²) in [7, 11) is 0. The molecule has 0 unspecified atom stereocenters. The van der Waals surface area contributed by atoms with Crippen molar-refractivity contribution in [2.75, 3.05) is 6.54 Å². The molecule has 1 saturated carbocycles. The second-order valence-electron chi connectivity index (χ2n) is 4.28. The summed E-state index contributed by atoms with van der Waals surface area (Å²) in [6, 6.07) is 1.73. The number of nitrogens with one attached hydrogen (secondary N) is 1. The van der Waals surface area contributed by atoms with Crippen LogP contribution in [0.3, 0.4) is 0 Å². The van der Waals surface area contributed by atoms with Crippen molar-refractivity contribution in [1.29, 1.82) is 0 Å². The average Bonchev–Trinajstić information content (AvgIpc) is 2.67. The van der Waals surface area contributed by atoms with Crippen molar-refractivity contribution in [2.45, 2.75) is 31.8 Å². The van der Waals surface area contributed by atoms with Crippen LogP contribution in [-0.4, -0.2) is 17.6 Å². The van der Waals surface area contributed by atoms with E-state index in [4.69, 9.17) is 4.42 Å². The Morgan fingerprint density at radius 1 is 1.62 bits per heavy atom. The van der Waals surface area contributed by atoms with Crippen LogP contribution in [0.1, 0.15) is 37.4 Å². The molecule has 4 heteroatoms. The summed E-state index contributed by atoms with van der Waals surface area (Å²) in [5.74, 6) is 0.344. The molecular weight excluding hydrogens is 206 g/mol. The third kappa shape index (κ3) is 2.64. The van der Waals surface area contributed by atoms with E-state index in [0.29, 0.717) is 13.0 Å². The molecule has 2 rings (SSSR count). The number of carbonyl (C=O) groups excluding carboxylic acids is 1. The number of hydrogen-bond acceptors (Lipinski definition) is 3. The molecule has 1 aromatic rings. The minimum Gasteiger partial charge on any atom is -0.472 e. The van der Waals surface area contributed by atoms with Crippen LogP contribution >= 0.6 is 0 Å². The van der Waals surface area contributed by atoms with Crippen molar-refractivity contribution >= 4 is 5.91 Å². The predicted molar refractivity (Wildman–Crippen MR) is 58.6 cm³/mol. The summed E-state index contributed by atoms with van der Waals surface area (Å²) in [6.45, 7) is 0.516. The molecule has 1 heterocycles. The molecule has 16 heavy (non-hydrogen) atoms. The lowest BCUT2D eigenvalue weighted by atomic mass is 9.85. The van der Waals surface area contributed by atoms with Gasteiger partial charge in [0.25, 0.3) is 0 Å². The van der Waals surface area contributed by atoms with Crippen LogP contribution in [0, 0.1) is 5.92 Å². The molecule has 1 aliphatic rings. The summed E-state index contributed by atoms with van der Waals surface area (Å²) in [5, 5.41) is 12.6. The minimum absolute atomic E-state index is 0.130. The lowest BCUT2D eigenvalue weighted by Gasteiger charge is -2.24. The van der Waals surface area contributed by atoms with Crippen molar-refractivity contribution in [2.24, 2.45) is 5.92 Å². The van der Waals surface area contributed by atoms with E-state index in [1.807, 2.05) is 0 Å². The summed E-state index contributed by atoms with van der Waals surface area (Å²) >= 11 is 0. The van der Waals surface area contributed by atoms with E-state index in [2.05, 4.69) is 5.32 Å². The summed E-state index contributed by atoms with van der Waals surface area (Å²) in [4.78, 5) is 11.5.